The quantitative estimate of drug-likeness (QED) is 0.106. The molecule has 0 saturated carbocycles. The van der Waals surface area contributed by atoms with Crippen LogP contribution < -0.4 is 15.5 Å². The van der Waals surface area contributed by atoms with Crippen molar-refractivity contribution in [2.45, 2.75) is 51.4 Å². The van der Waals surface area contributed by atoms with E-state index in [-0.39, 0.29) is 0 Å². The van der Waals surface area contributed by atoms with Gasteiger partial charge in [0.25, 0.3) is 0 Å². The molecule has 9 heterocycles. The van der Waals surface area contributed by atoms with Gasteiger partial charge in [0.15, 0.2) is 0 Å². The first-order valence-corrected chi connectivity index (χ1v) is 23.9. The van der Waals surface area contributed by atoms with Crippen molar-refractivity contribution in [3.8, 4) is 22.3 Å². The lowest BCUT2D eigenvalue weighted by molar-refractivity contribution is 0.0752. The van der Waals surface area contributed by atoms with Crippen LogP contribution in [-0.4, -0.2) is 122 Å². The molecule has 318 valence electrons. The molecule has 4 saturated heterocycles. The van der Waals surface area contributed by atoms with Crippen LogP contribution >= 0.6 is 22.7 Å². The first-order chi connectivity index (χ1) is 29.7. The van der Waals surface area contributed by atoms with Crippen LogP contribution in [0.3, 0.4) is 0 Å². The number of hydrogen-bond donors (Lipinski definition) is 1. The number of furan rings is 1. The van der Waals surface area contributed by atoms with Gasteiger partial charge in [0.2, 0.25) is 5.95 Å². The number of benzene rings is 1. The summed E-state index contributed by atoms with van der Waals surface area (Å²) in [6.45, 7) is 14.6. The molecule has 0 unspecified atom stereocenters. The highest BCUT2D eigenvalue weighted by Crippen LogP contribution is 2.41. The summed E-state index contributed by atoms with van der Waals surface area (Å²) in [4.78, 5) is 30.2. The molecule has 4 aliphatic heterocycles. The molecule has 0 aliphatic carbocycles. The second-order valence-electron chi connectivity index (χ2n) is 16.7. The molecule has 0 amide bonds. The van der Waals surface area contributed by atoms with Crippen LogP contribution in [0.2, 0.25) is 0 Å². The third kappa shape index (κ3) is 9.95. The van der Waals surface area contributed by atoms with Crippen molar-refractivity contribution < 1.29 is 13.9 Å². The fourth-order valence-corrected chi connectivity index (χ4v) is 11.1. The van der Waals surface area contributed by atoms with Gasteiger partial charge in [-0.05, 0) is 101 Å². The van der Waals surface area contributed by atoms with Crippen LogP contribution in [0.1, 0.15) is 51.4 Å². The van der Waals surface area contributed by atoms with E-state index in [2.05, 4.69) is 69.6 Å². The van der Waals surface area contributed by atoms with Crippen LogP contribution in [0.4, 0.5) is 17.6 Å². The fraction of sp³-hybridized carbons (Fsp3) is 0.522. The number of nitrogen functional groups attached to an aromatic ring is 1. The third-order valence-corrected chi connectivity index (χ3v) is 14.5. The Kier molecular flexibility index (Phi) is 13.8. The lowest BCUT2D eigenvalue weighted by Crippen LogP contribution is -2.36. The van der Waals surface area contributed by atoms with E-state index in [0.29, 0.717) is 17.8 Å². The normalized spacial score (nSPS) is 18.5. The minimum atomic E-state index is 0.358. The molecule has 0 radical (unpaired) electrons. The Bertz CT molecular complexity index is 2220. The standard InChI is InChI=1S/C24H31N5OS.C22H28N4O2S/c25-24-26-22(21-20(17-31-23(21)27-24)19-6-2-1-3-7-19)29-12-8-18(9-13-29)16-30-15-14-28-10-4-5-11-28;1-2-7-25(6-1)10-12-28-13-17-3-8-26(9-4-17)21-20-19(18-5-11-27-14-18)15-29-22(20)24-16-23-21/h1-3,6-7,17-18H,4-5,8-16H2,(H2,25,26,27);5,11,14-17H,1-4,6-10,12-13H2. The molecule has 6 aromatic rings. The number of fused-ring (bicyclic) bond motifs is 2. The zero-order valence-corrected chi connectivity index (χ0v) is 36.4. The summed E-state index contributed by atoms with van der Waals surface area (Å²) in [5.41, 5.74) is 10.7. The fourth-order valence-electron chi connectivity index (χ4n) is 9.25. The first-order valence-electron chi connectivity index (χ1n) is 22.1. The average molecular weight is 850 g/mol. The van der Waals surface area contributed by atoms with Crippen LogP contribution in [0, 0.1) is 11.8 Å². The number of piperidine rings is 2. The Morgan fingerprint density at radius 2 is 1.20 bits per heavy atom. The lowest BCUT2D eigenvalue weighted by Gasteiger charge is -2.33. The van der Waals surface area contributed by atoms with E-state index in [1.165, 1.54) is 68.6 Å². The Balaban J connectivity index is 0.000000154. The number of nitrogens with zero attached hydrogens (tertiary/aromatic N) is 8. The predicted octanol–water partition coefficient (Wildman–Crippen LogP) is 8.55. The van der Waals surface area contributed by atoms with Gasteiger partial charge >= 0.3 is 0 Å². The van der Waals surface area contributed by atoms with Gasteiger partial charge in [-0.2, -0.15) is 4.98 Å². The van der Waals surface area contributed by atoms with Crippen LogP contribution in [-0.2, 0) is 9.47 Å². The number of likely N-dealkylation sites (tertiary alicyclic amines) is 2. The van der Waals surface area contributed by atoms with Gasteiger partial charge in [0.1, 0.15) is 27.6 Å². The zero-order valence-electron chi connectivity index (χ0n) is 34.8. The minimum absolute atomic E-state index is 0.358. The van der Waals surface area contributed by atoms with E-state index in [1.54, 1.807) is 41.5 Å². The monoisotopic (exact) mass is 849 g/mol. The molecular weight excluding hydrogens is 791 g/mol. The Labute approximate surface area is 361 Å². The van der Waals surface area contributed by atoms with E-state index in [1.807, 2.05) is 12.1 Å². The van der Waals surface area contributed by atoms with E-state index in [0.717, 1.165) is 129 Å². The van der Waals surface area contributed by atoms with Crippen molar-refractivity contribution in [2.24, 2.45) is 11.8 Å². The maximum atomic E-state index is 6.07. The van der Waals surface area contributed by atoms with Crippen molar-refractivity contribution in [3.05, 3.63) is 66.0 Å². The largest absolute Gasteiger partial charge is 0.472 e. The summed E-state index contributed by atoms with van der Waals surface area (Å²) >= 11 is 3.32. The van der Waals surface area contributed by atoms with Crippen molar-refractivity contribution in [3.63, 3.8) is 0 Å². The molecule has 5 aromatic heterocycles. The number of ether oxygens (including phenoxy) is 2. The predicted molar refractivity (Wildman–Crippen MR) is 245 cm³/mol. The number of anilines is 3. The van der Waals surface area contributed by atoms with Gasteiger partial charge in [-0.1, -0.05) is 30.3 Å². The summed E-state index contributed by atoms with van der Waals surface area (Å²) < 4.78 is 17.3. The number of thiophene rings is 2. The van der Waals surface area contributed by atoms with Crippen molar-refractivity contribution >= 4 is 60.7 Å². The maximum absolute atomic E-state index is 6.07. The van der Waals surface area contributed by atoms with Crippen LogP contribution in [0.25, 0.3) is 42.7 Å². The highest BCUT2D eigenvalue weighted by Gasteiger charge is 2.26. The smallest absolute Gasteiger partial charge is 0.223 e. The SMILES string of the molecule is Nc1nc(N2CCC(COCCN3CCCC3)CC2)c2c(-c3ccccc3)csc2n1.c1nc(N2CCC(COCCN3CCCC3)CC2)c2c(-c3ccoc3)csc2n1. The molecule has 4 aliphatic rings. The van der Waals surface area contributed by atoms with Gasteiger partial charge < -0.3 is 39.2 Å². The van der Waals surface area contributed by atoms with E-state index in [4.69, 9.17) is 24.6 Å². The van der Waals surface area contributed by atoms with E-state index < -0.39 is 0 Å². The summed E-state index contributed by atoms with van der Waals surface area (Å²) in [7, 11) is 0. The maximum Gasteiger partial charge on any atom is 0.223 e. The van der Waals surface area contributed by atoms with E-state index in [9.17, 15) is 0 Å². The number of hydrogen-bond acceptors (Lipinski definition) is 14. The first kappa shape index (κ1) is 41.2. The van der Waals surface area contributed by atoms with Gasteiger partial charge in [-0.25, -0.2) is 15.0 Å². The number of nitrogens with two attached hydrogens (primary N) is 1. The summed E-state index contributed by atoms with van der Waals surface area (Å²) in [5, 5.41) is 6.62. The minimum Gasteiger partial charge on any atom is -0.472 e. The molecule has 0 spiro atoms. The summed E-state index contributed by atoms with van der Waals surface area (Å²) in [6, 6.07) is 12.5. The summed E-state index contributed by atoms with van der Waals surface area (Å²) in [5.74, 6) is 3.67. The highest BCUT2D eigenvalue weighted by molar-refractivity contribution is 7.17. The second-order valence-corrected chi connectivity index (χ2v) is 18.5. The summed E-state index contributed by atoms with van der Waals surface area (Å²) in [6.07, 6.45) is 15.1. The van der Waals surface area contributed by atoms with Gasteiger partial charge in [0, 0.05) is 79.9 Å². The van der Waals surface area contributed by atoms with Crippen molar-refractivity contribution in [2.75, 3.05) is 107 Å². The molecule has 1 aromatic carbocycles. The molecule has 10 rings (SSSR count). The average Bonchev–Trinajstić information content (AvgIpc) is 4.15. The highest BCUT2D eigenvalue weighted by atomic mass is 32.1. The molecule has 0 atom stereocenters. The molecular formula is C46H59N9O3S2. The Morgan fingerprint density at radius 3 is 1.80 bits per heavy atom. The van der Waals surface area contributed by atoms with Gasteiger partial charge in [-0.15, -0.1) is 22.7 Å². The van der Waals surface area contributed by atoms with Gasteiger partial charge in [-0.3, -0.25) is 0 Å². The molecule has 14 heteroatoms. The molecule has 60 heavy (non-hydrogen) atoms. The molecule has 12 nitrogen and oxygen atoms in total. The molecule has 0 bridgehead atoms. The van der Waals surface area contributed by atoms with Crippen molar-refractivity contribution in [1.82, 2.24) is 29.7 Å². The lowest BCUT2D eigenvalue weighted by atomic mass is 9.97. The number of aromatic nitrogens is 4. The van der Waals surface area contributed by atoms with E-state index >= 15 is 0 Å². The van der Waals surface area contributed by atoms with Crippen molar-refractivity contribution in [1.29, 1.82) is 0 Å². The Hall–Kier alpha value is -4.18. The van der Waals surface area contributed by atoms with Crippen LogP contribution in [0.15, 0.2) is 70.4 Å². The third-order valence-electron chi connectivity index (χ3n) is 12.7. The second kappa shape index (κ2) is 20.1. The molecule has 2 N–H and O–H groups in total. The molecule has 4 fully saturated rings. The van der Waals surface area contributed by atoms with Gasteiger partial charge in [0.05, 0.1) is 36.5 Å². The zero-order chi connectivity index (χ0) is 40.5. The topological polar surface area (TPSA) is 122 Å². The Morgan fingerprint density at radius 1 is 0.633 bits per heavy atom. The van der Waals surface area contributed by atoms with Crippen LogP contribution in [0.5, 0.6) is 0 Å². The number of rotatable bonds is 14.